The van der Waals surface area contributed by atoms with E-state index in [2.05, 4.69) is 15.0 Å². The van der Waals surface area contributed by atoms with Crippen LogP contribution in [0, 0.1) is 20.8 Å². The average Bonchev–Trinajstić information content (AvgIpc) is 2.66. The van der Waals surface area contributed by atoms with Gasteiger partial charge in [0.05, 0.1) is 21.7 Å². The summed E-state index contributed by atoms with van der Waals surface area (Å²) in [6, 6.07) is 12.3. The molecule has 29 heavy (non-hydrogen) atoms. The SMILES string of the molecule is Cc1ccc(C)c(S(=O)(=O)NCCNC(=O)c2cc3cc(Cl)ccc3nc2C)c1. The Morgan fingerprint density at radius 3 is 2.55 bits per heavy atom. The number of hydrogen-bond donors (Lipinski definition) is 2. The second-order valence-electron chi connectivity index (χ2n) is 6.88. The van der Waals surface area contributed by atoms with Crippen molar-refractivity contribution in [2.75, 3.05) is 13.1 Å². The minimum Gasteiger partial charge on any atom is -0.351 e. The van der Waals surface area contributed by atoms with Crippen LogP contribution in [-0.2, 0) is 10.0 Å². The molecule has 0 saturated carbocycles. The molecule has 0 unspecified atom stereocenters. The van der Waals surface area contributed by atoms with E-state index in [1.165, 1.54) is 0 Å². The number of pyridine rings is 1. The number of aryl methyl sites for hydroxylation is 3. The molecule has 3 rings (SSSR count). The first-order chi connectivity index (χ1) is 13.7. The number of sulfonamides is 1. The van der Waals surface area contributed by atoms with Crippen molar-refractivity contribution in [2.45, 2.75) is 25.7 Å². The Bertz CT molecular complexity index is 1190. The Balaban J connectivity index is 1.65. The van der Waals surface area contributed by atoms with Crippen LogP contribution in [0.15, 0.2) is 47.4 Å². The van der Waals surface area contributed by atoms with E-state index in [1.54, 1.807) is 50.2 Å². The maximum atomic E-state index is 12.5. The monoisotopic (exact) mass is 431 g/mol. The number of nitrogens with zero attached hydrogens (tertiary/aromatic N) is 1. The Kier molecular flexibility index (Phi) is 6.21. The molecule has 1 amide bonds. The normalized spacial score (nSPS) is 11.6. The van der Waals surface area contributed by atoms with Gasteiger partial charge in [0, 0.05) is 23.5 Å². The molecule has 0 aliphatic heterocycles. The lowest BCUT2D eigenvalue weighted by Gasteiger charge is -2.12. The standard InChI is InChI=1S/C21H22ClN3O3S/c1-13-4-5-14(2)20(10-13)29(27,28)24-9-8-23-21(26)18-12-16-11-17(22)6-7-19(16)25-15(18)3/h4-7,10-12,24H,8-9H2,1-3H3,(H,23,26). The summed E-state index contributed by atoms with van der Waals surface area (Å²) in [6.45, 7) is 5.57. The largest absolute Gasteiger partial charge is 0.351 e. The summed E-state index contributed by atoms with van der Waals surface area (Å²) in [5, 5.41) is 4.06. The van der Waals surface area contributed by atoms with E-state index in [-0.39, 0.29) is 23.9 Å². The molecule has 2 N–H and O–H groups in total. The average molecular weight is 432 g/mol. The third-order valence-electron chi connectivity index (χ3n) is 4.55. The summed E-state index contributed by atoms with van der Waals surface area (Å²) in [7, 11) is -3.65. The fraction of sp³-hybridized carbons (Fsp3) is 0.238. The molecule has 0 atom stereocenters. The van der Waals surface area contributed by atoms with Crippen molar-refractivity contribution in [1.29, 1.82) is 0 Å². The molecule has 0 bridgehead atoms. The quantitative estimate of drug-likeness (QED) is 0.584. The van der Waals surface area contributed by atoms with Gasteiger partial charge < -0.3 is 5.32 Å². The van der Waals surface area contributed by atoms with Gasteiger partial charge in [0.15, 0.2) is 0 Å². The van der Waals surface area contributed by atoms with Gasteiger partial charge in [0.2, 0.25) is 10.0 Å². The van der Waals surface area contributed by atoms with Crippen LogP contribution >= 0.6 is 11.6 Å². The van der Waals surface area contributed by atoms with Crippen LogP contribution in [-0.4, -0.2) is 32.4 Å². The third-order valence-corrected chi connectivity index (χ3v) is 6.39. The van der Waals surface area contributed by atoms with E-state index in [9.17, 15) is 13.2 Å². The third kappa shape index (κ3) is 4.93. The zero-order valence-electron chi connectivity index (χ0n) is 16.4. The summed E-state index contributed by atoms with van der Waals surface area (Å²) in [5.41, 5.74) is 3.31. The number of halogens is 1. The molecular weight excluding hydrogens is 410 g/mol. The van der Waals surface area contributed by atoms with Crippen LogP contribution in [0.1, 0.15) is 27.2 Å². The van der Waals surface area contributed by atoms with Crippen molar-refractivity contribution in [3.8, 4) is 0 Å². The van der Waals surface area contributed by atoms with Gasteiger partial charge in [0.1, 0.15) is 0 Å². The van der Waals surface area contributed by atoms with Crippen LogP contribution in [0.2, 0.25) is 5.02 Å². The van der Waals surface area contributed by atoms with E-state index in [1.807, 2.05) is 13.0 Å². The van der Waals surface area contributed by atoms with Gasteiger partial charge in [-0.15, -0.1) is 0 Å². The lowest BCUT2D eigenvalue weighted by atomic mass is 10.1. The summed E-state index contributed by atoms with van der Waals surface area (Å²) >= 11 is 6.01. The van der Waals surface area contributed by atoms with Gasteiger partial charge >= 0.3 is 0 Å². The maximum absolute atomic E-state index is 12.5. The number of aromatic nitrogens is 1. The highest BCUT2D eigenvalue weighted by atomic mass is 35.5. The minimum atomic E-state index is -3.65. The predicted octanol–water partition coefficient (Wildman–Crippen LogP) is 3.52. The number of rotatable bonds is 6. The molecule has 8 heteroatoms. The zero-order chi connectivity index (χ0) is 21.2. The number of fused-ring (bicyclic) bond motifs is 1. The van der Waals surface area contributed by atoms with Gasteiger partial charge in [-0.05, 0) is 62.2 Å². The fourth-order valence-electron chi connectivity index (χ4n) is 3.00. The van der Waals surface area contributed by atoms with Gasteiger partial charge in [-0.1, -0.05) is 23.7 Å². The van der Waals surface area contributed by atoms with Crippen molar-refractivity contribution < 1.29 is 13.2 Å². The summed E-state index contributed by atoms with van der Waals surface area (Å²) < 4.78 is 27.5. The molecule has 6 nitrogen and oxygen atoms in total. The Hall–Kier alpha value is -2.48. The van der Waals surface area contributed by atoms with E-state index in [0.29, 0.717) is 21.8 Å². The lowest BCUT2D eigenvalue weighted by molar-refractivity contribution is 0.0953. The summed E-state index contributed by atoms with van der Waals surface area (Å²) in [5.74, 6) is -0.317. The predicted molar refractivity (Wildman–Crippen MR) is 115 cm³/mol. The number of benzene rings is 2. The van der Waals surface area contributed by atoms with E-state index in [0.717, 1.165) is 16.5 Å². The highest BCUT2D eigenvalue weighted by Crippen LogP contribution is 2.21. The van der Waals surface area contributed by atoms with E-state index in [4.69, 9.17) is 11.6 Å². The molecule has 0 aliphatic rings. The van der Waals surface area contributed by atoms with Gasteiger partial charge in [-0.3, -0.25) is 9.78 Å². The highest BCUT2D eigenvalue weighted by molar-refractivity contribution is 7.89. The molecule has 1 aromatic heterocycles. The van der Waals surface area contributed by atoms with Gasteiger partial charge in [-0.25, -0.2) is 13.1 Å². The van der Waals surface area contributed by atoms with Crippen molar-refractivity contribution in [1.82, 2.24) is 15.0 Å². The maximum Gasteiger partial charge on any atom is 0.253 e. The van der Waals surface area contributed by atoms with E-state index >= 15 is 0 Å². The number of carbonyl (C=O) groups is 1. The van der Waals surface area contributed by atoms with Crippen molar-refractivity contribution in [3.63, 3.8) is 0 Å². The van der Waals surface area contributed by atoms with Crippen LogP contribution in [0.3, 0.4) is 0 Å². The first-order valence-electron chi connectivity index (χ1n) is 9.09. The molecule has 0 radical (unpaired) electrons. The number of carbonyl (C=O) groups excluding carboxylic acids is 1. The zero-order valence-corrected chi connectivity index (χ0v) is 18.0. The summed E-state index contributed by atoms with van der Waals surface area (Å²) in [6.07, 6.45) is 0. The smallest absolute Gasteiger partial charge is 0.253 e. The van der Waals surface area contributed by atoms with Crippen LogP contribution < -0.4 is 10.0 Å². The second-order valence-corrected chi connectivity index (χ2v) is 9.05. The number of nitrogens with one attached hydrogen (secondary N) is 2. The molecule has 0 aliphatic carbocycles. The topological polar surface area (TPSA) is 88.2 Å². The number of amides is 1. The van der Waals surface area contributed by atoms with Crippen LogP contribution in [0.5, 0.6) is 0 Å². The highest BCUT2D eigenvalue weighted by Gasteiger charge is 2.17. The molecule has 0 fully saturated rings. The Labute approximate surface area is 175 Å². The lowest BCUT2D eigenvalue weighted by Crippen LogP contribution is -2.35. The molecule has 2 aromatic carbocycles. The first kappa shape index (κ1) is 21.2. The van der Waals surface area contributed by atoms with Crippen molar-refractivity contribution >= 4 is 38.4 Å². The molecule has 0 spiro atoms. The Morgan fingerprint density at radius 1 is 1.03 bits per heavy atom. The Morgan fingerprint density at radius 2 is 1.79 bits per heavy atom. The molecule has 0 saturated heterocycles. The van der Waals surface area contributed by atoms with Crippen LogP contribution in [0.25, 0.3) is 10.9 Å². The van der Waals surface area contributed by atoms with Gasteiger partial charge in [0.25, 0.3) is 5.91 Å². The molecule has 1 heterocycles. The number of hydrogen-bond acceptors (Lipinski definition) is 4. The van der Waals surface area contributed by atoms with Crippen molar-refractivity contribution in [3.05, 3.63) is 69.9 Å². The first-order valence-corrected chi connectivity index (χ1v) is 11.0. The summed E-state index contributed by atoms with van der Waals surface area (Å²) in [4.78, 5) is 17.2. The molecular formula is C21H22ClN3O3S. The van der Waals surface area contributed by atoms with Crippen molar-refractivity contribution in [2.24, 2.45) is 0 Å². The minimum absolute atomic E-state index is 0.0767. The second kappa shape index (κ2) is 8.49. The van der Waals surface area contributed by atoms with E-state index < -0.39 is 10.0 Å². The fourth-order valence-corrected chi connectivity index (χ4v) is 4.54. The van der Waals surface area contributed by atoms with Crippen LogP contribution in [0.4, 0.5) is 0 Å². The molecule has 3 aromatic rings. The molecule has 152 valence electrons. The van der Waals surface area contributed by atoms with Gasteiger partial charge in [-0.2, -0.15) is 0 Å².